The van der Waals surface area contributed by atoms with Crippen molar-refractivity contribution >= 4 is 16.9 Å². The highest BCUT2D eigenvalue weighted by atomic mass is 19.4. The van der Waals surface area contributed by atoms with Gasteiger partial charge in [-0.25, -0.2) is 0 Å². The van der Waals surface area contributed by atoms with Crippen LogP contribution in [0.5, 0.6) is 5.75 Å². The standard InChI is InChI=1S/C27H28F3NO3/c28-27(29,30)23-13-17(8-9-20(23)18-5-1-2-6-18)16-34-25-11-10-24-21(22(25)15-26(32)33)14-19-7-3-4-12-31(19)24/h8-11,13-14,18H,1-7,12,15-16H2,(H,32,33). The van der Waals surface area contributed by atoms with Gasteiger partial charge in [0.1, 0.15) is 12.4 Å². The van der Waals surface area contributed by atoms with Crippen molar-refractivity contribution in [3.05, 3.63) is 64.3 Å². The molecule has 7 heteroatoms. The molecular formula is C27H28F3NO3. The Morgan fingerprint density at radius 3 is 2.59 bits per heavy atom. The zero-order valence-corrected chi connectivity index (χ0v) is 19.0. The molecule has 0 saturated heterocycles. The van der Waals surface area contributed by atoms with Crippen molar-refractivity contribution in [2.75, 3.05) is 0 Å². The van der Waals surface area contributed by atoms with E-state index in [0.29, 0.717) is 22.4 Å². The summed E-state index contributed by atoms with van der Waals surface area (Å²) in [4.78, 5) is 11.6. The first kappa shape index (κ1) is 22.8. The lowest BCUT2D eigenvalue weighted by Gasteiger charge is -2.19. The van der Waals surface area contributed by atoms with Crippen molar-refractivity contribution in [3.63, 3.8) is 0 Å². The highest BCUT2D eigenvalue weighted by molar-refractivity contribution is 5.90. The Balaban J connectivity index is 1.46. The van der Waals surface area contributed by atoms with Gasteiger partial charge in [-0.05, 0) is 73.4 Å². The molecule has 0 unspecified atom stereocenters. The molecule has 4 nitrogen and oxygen atoms in total. The minimum atomic E-state index is -4.42. The molecule has 1 N–H and O–H groups in total. The molecule has 1 saturated carbocycles. The van der Waals surface area contributed by atoms with Gasteiger partial charge in [-0.1, -0.05) is 25.0 Å². The number of rotatable bonds is 6. The van der Waals surface area contributed by atoms with E-state index in [2.05, 4.69) is 4.57 Å². The highest BCUT2D eigenvalue weighted by Gasteiger charge is 2.36. The topological polar surface area (TPSA) is 51.5 Å². The molecule has 2 aliphatic rings. The zero-order valence-electron chi connectivity index (χ0n) is 19.0. The number of carbonyl (C=O) groups is 1. The van der Waals surface area contributed by atoms with Crippen LogP contribution in [-0.2, 0) is 37.0 Å². The second-order valence-corrected chi connectivity index (χ2v) is 9.48. The minimum Gasteiger partial charge on any atom is -0.489 e. The smallest absolute Gasteiger partial charge is 0.416 e. The van der Waals surface area contributed by atoms with Gasteiger partial charge in [0.2, 0.25) is 0 Å². The maximum atomic E-state index is 13.8. The Morgan fingerprint density at radius 2 is 1.85 bits per heavy atom. The van der Waals surface area contributed by atoms with Crippen LogP contribution in [0, 0.1) is 0 Å². The molecule has 0 atom stereocenters. The second kappa shape index (κ2) is 9.01. The summed E-state index contributed by atoms with van der Waals surface area (Å²) in [6.07, 6.45) is 2.02. The number of alkyl halides is 3. The van der Waals surface area contributed by atoms with Crippen LogP contribution in [0.4, 0.5) is 13.2 Å². The van der Waals surface area contributed by atoms with E-state index in [0.717, 1.165) is 62.4 Å². The number of nitrogens with zero attached hydrogens (tertiary/aromatic N) is 1. The molecule has 5 rings (SSSR count). The number of fused-ring (bicyclic) bond motifs is 3. The summed E-state index contributed by atoms with van der Waals surface area (Å²) in [5, 5.41) is 10.4. The average Bonchev–Trinajstić information content (AvgIpc) is 3.46. The maximum absolute atomic E-state index is 13.8. The average molecular weight is 472 g/mol. The van der Waals surface area contributed by atoms with E-state index in [9.17, 15) is 23.1 Å². The number of carboxylic acid groups (broad SMARTS) is 1. The first-order chi connectivity index (χ1) is 16.3. The zero-order chi connectivity index (χ0) is 23.9. The maximum Gasteiger partial charge on any atom is 0.416 e. The normalized spacial score (nSPS) is 16.7. The van der Waals surface area contributed by atoms with Crippen molar-refractivity contribution in [1.82, 2.24) is 4.57 Å². The van der Waals surface area contributed by atoms with Gasteiger partial charge in [0.15, 0.2) is 0 Å². The molecule has 0 bridgehead atoms. The SMILES string of the molecule is O=C(O)Cc1c(OCc2ccc(C3CCCC3)c(C(F)(F)F)c2)ccc2c1cc1n2CCCC1. The summed E-state index contributed by atoms with van der Waals surface area (Å²) in [7, 11) is 0. The Morgan fingerprint density at radius 1 is 1.06 bits per heavy atom. The van der Waals surface area contributed by atoms with E-state index in [-0.39, 0.29) is 18.9 Å². The van der Waals surface area contributed by atoms with Crippen LogP contribution in [0.15, 0.2) is 36.4 Å². The van der Waals surface area contributed by atoms with Crippen LogP contribution in [0.3, 0.4) is 0 Å². The first-order valence-electron chi connectivity index (χ1n) is 12.0. The van der Waals surface area contributed by atoms with Crippen LogP contribution < -0.4 is 4.74 Å². The van der Waals surface area contributed by atoms with Gasteiger partial charge in [-0.2, -0.15) is 13.2 Å². The van der Waals surface area contributed by atoms with Crippen molar-refractivity contribution in [3.8, 4) is 5.75 Å². The van der Waals surface area contributed by atoms with E-state index < -0.39 is 17.7 Å². The van der Waals surface area contributed by atoms with Gasteiger partial charge in [0, 0.05) is 28.7 Å². The van der Waals surface area contributed by atoms with Gasteiger partial charge < -0.3 is 14.4 Å². The lowest BCUT2D eigenvalue weighted by Crippen LogP contribution is -2.12. The number of carboxylic acids is 1. The quantitative estimate of drug-likeness (QED) is 0.427. The first-order valence-corrected chi connectivity index (χ1v) is 12.0. The predicted molar refractivity (Wildman–Crippen MR) is 123 cm³/mol. The third-order valence-corrected chi connectivity index (χ3v) is 7.24. The van der Waals surface area contributed by atoms with Gasteiger partial charge >= 0.3 is 12.1 Å². The van der Waals surface area contributed by atoms with Crippen LogP contribution in [0.25, 0.3) is 10.9 Å². The number of aryl methyl sites for hydroxylation is 2. The monoisotopic (exact) mass is 471 g/mol. The molecule has 0 radical (unpaired) electrons. The molecule has 2 heterocycles. The molecule has 1 aliphatic heterocycles. The molecule has 0 amide bonds. The van der Waals surface area contributed by atoms with Crippen LogP contribution in [-0.4, -0.2) is 15.6 Å². The van der Waals surface area contributed by atoms with E-state index in [4.69, 9.17) is 4.74 Å². The van der Waals surface area contributed by atoms with Crippen molar-refractivity contribution in [2.45, 2.75) is 76.6 Å². The third-order valence-electron chi connectivity index (χ3n) is 7.24. The number of hydrogen-bond donors (Lipinski definition) is 1. The lowest BCUT2D eigenvalue weighted by atomic mass is 9.91. The Kier molecular flexibility index (Phi) is 6.04. The minimum absolute atomic E-state index is 0.0444. The highest BCUT2D eigenvalue weighted by Crippen LogP contribution is 2.42. The Bertz CT molecular complexity index is 1220. The molecular weight excluding hydrogens is 443 g/mol. The van der Waals surface area contributed by atoms with Crippen molar-refractivity contribution in [1.29, 1.82) is 0 Å². The summed E-state index contributed by atoms with van der Waals surface area (Å²) in [5.41, 5.74) is 2.96. The Hall–Kier alpha value is -2.96. The van der Waals surface area contributed by atoms with Gasteiger partial charge in [-0.3, -0.25) is 4.79 Å². The number of benzene rings is 2. The third kappa shape index (κ3) is 4.40. The van der Waals surface area contributed by atoms with E-state index in [1.54, 1.807) is 18.2 Å². The predicted octanol–water partition coefficient (Wildman–Crippen LogP) is 6.86. The van der Waals surface area contributed by atoms with E-state index in [1.165, 1.54) is 11.8 Å². The van der Waals surface area contributed by atoms with Gasteiger partial charge in [0.25, 0.3) is 0 Å². The largest absolute Gasteiger partial charge is 0.489 e. The van der Waals surface area contributed by atoms with Gasteiger partial charge in [-0.15, -0.1) is 0 Å². The number of hydrogen-bond acceptors (Lipinski definition) is 2. The number of ether oxygens (including phenoxy) is 1. The molecule has 1 aliphatic carbocycles. The second-order valence-electron chi connectivity index (χ2n) is 9.48. The fourth-order valence-electron chi connectivity index (χ4n) is 5.64. The summed E-state index contributed by atoms with van der Waals surface area (Å²) in [6, 6.07) is 10.2. The summed E-state index contributed by atoms with van der Waals surface area (Å²) >= 11 is 0. The molecule has 34 heavy (non-hydrogen) atoms. The van der Waals surface area contributed by atoms with Crippen molar-refractivity contribution < 1.29 is 27.8 Å². The molecule has 3 aromatic rings. The number of aliphatic carboxylic acids is 1. The molecule has 1 aromatic heterocycles. The van der Waals surface area contributed by atoms with Crippen molar-refractivity contribution in [2.24, 2.45) is 0 Å². The number of aromatic nitrogens is 1. The fourth-order valence-corrected chi connectivity index (χ4v) is 5.64. The van der Waals surface area contributed by atoms with E-state index >= 15 is 0 Å². The van der Waals surface area contributed by atoms with Crippen LogP contribution >= 0.6 is 0 Å². The lowest BCUT2D eigenvalue weighted by molar-refractivity contribution is -0.138. The molecule has 0 spiro atoms. The van der Waals surface area contributed by atoms with Crippen LogP contribution in [0.1, 0.15) is 72.4 Å². The fraction of sp³-hybridized carbons (Fsp3) is 0.444. The molecule has 180 valence electrons. The Labute approximate surface area is 196 Å². The molecule has 1 fully saturated rings. The summed E-state index contributed by atoms with van der Waals surface area (Å²) in [5.74, 6) is -0.606. The number of halogens is 3. The summed E-state index contributed by atoms with van der Waals surface area (Å²) < 4.78 is 49.7. The molecule has 2 aromatic carbocycles. The van der Waals surface area contributed by atoms with E-state index in [1.807, 2.05) is 12.1 Å². The summed E-state index contributed by atoms with van der Waals surface area (Å²) in [6.45, 7) is 0.846. The van der Waals surface area contributed by atoms with Gasteiger partial charge in [0.05, 0.1) is 12.0 Å². The van der Waals surface area contributed by atoms with Crippen LogP contribution in [0.2, 0.25) is 0 Å².